The van der Waals surface area contributed by atoms with Gasteiger partial charge in [0.1, 0.15) is 12.1 Å². The van der Waals surface area contributed by atoms with Gasteiger partial charge < -0.3 is 15.0 Å². The summed E-state index contributed by atoms with van der Waals surface area (Å²) in [6, 6.07) is 9.78. The maximum atomic E-state index is 13.0. The van der Waals surface area contributed by atoms with Gasteiger partial charge in [-0.1, -0.05) is 18.2 Å². The molecule has 0 spiro atoms. The summed E-state index contributed by atoms with van der Waals surface area (Å²) in [6.45, 7) is 3.84. The highest BCUT2D eigenvalue weighted by Crippen LogP contribution is 2.30. The Morgan fingerprint density at radius 1 is 1.22 bits per heavy atom. The SMILES string of the molecule is CC(NC(=O)OC(C)c1ccc2c(c1)C(=O)N(C1CCC(=O)NC1=O)C2)c1ccccn1. The molecule has 166 valence electrons. The zero-order chi connectivity index (χ0) is 22.8. The number of rotatable bonds is 5. The molecule has 3 unspecified atom stereocenters. The molecule has 1 aromatic carbocycles. The van der Waals surface area contributed by atoms with Crippen molar-refractivity contribution in [1.29, 1.82) is 0 Å². The number of carbonyl (C=O) groups is 4. The molecule has 4 amide bonds. The lowest BCUT2D eigenvalue weighted by Gasteiger charge is -2.29. The molecule has 1 saturated heterocycles. The molecule has 0 bridgehead atoms. The Morgan fingerprint density at radius 3 is 2.75 bits per heavy atom. The summed E-state index contributed by atoms with van der Waals surface area (Å²) >= 11 is 0. The minimum atomic E-state index is -0.663. The van der Waals surface area contributed by atoms with Crippen LogP contribution in [0.15, 0.2) is 42.6 Å². The van der Waals surface area contributed by atoms with Gasteiger partial charge in [-0.05, 0) is 49.6 Å². The lowest BCUT2D eigenvalue weighted by Crippen LogP contribution is -2.52. The molecular formula is C23H24N4O5. The summed E-state index contributed by atoms with van der Waals surface area (Å²) in [4.78, 5) is 54.6. The van der Waals surface area contributed by atoms with E-state index in [2.05, 4.69) is 15.6 Å². The predicted molar refractivity (Wildman–Crippen MR) is 113 cm³/mol. The Morgan fingerprint density at radius 2 is 2.03 bits per heavy atom. The van der Waals surface area contributed by atoms with Gasteiger partial charge in [0.05, 0.1) is 11.7 Å². The predicted octanol–water partition coefficient (Wildman–Crippen LogP) is 2.39. The summed E-state index contributed by atoms with van der Waals surface area (Å²) in [5.74, 6) is -1.03. The maximum Gasteiger partial charge on any atom is 0.408 e. The molecule has 32 heavy (non-hydrogen) atoms. The van der Waals surface area contributed by atoms with Crippen LogP contribution in [0, 0.1) is 0 Å². The normalized spacial score (nSPS) is 19.8. The molecule has 0 saturated carbocycles. The van der Waals surface area contributed by atoms with Gasteiger partial charge in [0.25, 0.3) is 5.91 Å². The van der Waals surface area contributed by atoms with E-state index in [1.807, 2.05) is 25.1 Å². The monoisotopic (exact) mass is 436 g/mol. The molecule has 3 heterocycles. The topological polar surface area (TPSA) is 118 Å². The fourth-order valence-corrected chi connectivity index (χ4v) is 3.97. The van der Waals surface area contributed by atoms with E-state index in [0.717, 1.165) is 5.56 Å². The third-order valence-electron chi connectivity index (χ3n) is 5.77. The van der Waals surface area contributed by atoms with Gasteiger partial charge in [-0.15, -0.1) is 0 Å². The zero-order valence-corrected chi connectivity index (χ0v) is 17.8. The van der Waals surface area contributed by atoms with E-state index in [0.29, 0.717) is 29.8 Å². The molecule has 2 N–H and O–H groups in total. The summed E-state index contributed by atoms with van der Waals surface area (Å²) < 4.78 is 5.49. The van der Waals surface area contributed by atoms with Crippen LogP contribution in [0.5, 0.6) is 0 Å². The van der Waals surface area contributed by atoms with E-state index in [-0.39, 0.29) is 24.3 Å². The molecule has 1 aromatic heterocycles. The van der Waals surface area contributed by atoms with Crippen LogP contribution < -0.4 is 10.6 Å². The number of nitrogens with zero attached hydrogens (tertiary/aromatic N) is 2. The van der Waals surface area contributed by atoms with Crippen LogP contribution in [0.3, 0.4) is 0 Å². The quantitative estimate of drug-likeness (QED) is 0.695. The highest BCUT2D eigenvalue weighted by atomic mass is 16.6. The van der Waals surface area contributed by atoms with Crippen molar-refractivity contribution in [3.8, 4) is 0 Å². The first kappa shape index (κ1) is 21.5. The minimum Gasteiger partial charge on any atom is -0.442 e. The molecule has 2 aliphatic rings. The third-order valence-corrected chi connectivity index (χ3v) is 5.77. The summed E-state index contributed by atoms with van der Waals surface area (Å²) in [5.41, 5.74) is 2.66. The number of alkyl carbamates (subject to hydrolysis) is 1. The van der Waals surface area contributed by atoms with Crippen LogP contribution in [0.2, 0.25) is 0 Å². The van der Waals surface area contributed by atoms with Crippen molar-refractivity contribution in [2.75, 3.05) is 0 Å². The van der Waals surface area contributed by atoms with Crippen LogP contribution in [-0.4, -0.2) is 39.7 Å². The largest absolute Gasteiger partial charge is 0.442 e. The van der Waals surface area contributed by atoms with Crippen molar-refractivity contribution < 1.29 is 23.9 Å². The Balaban J connectivity index is 1.41. The van der Waals surface area contributed by atoms with Crippen molar-refractivity contribution in [1.82, 2.24) is 20.5 Å². The van der Waals surface area contributed by atoms with E-state index < -0.39 is 24.1 Å². The number of pyridine rings is 1. The maximum absolute atomic E-state index is 13.0. The smallest absolute Gasteiger partial charge is 0.408 e. The van der Waals surface area contributed by atoms with Crippen LogP contribution in [0.1, 0.15) is 66.0 Å². The van der Waals surface area contributed by atoms with Crippen LogP contribution >= 0.6 is 0 Å². The highest BCUT2D eigenvalue weighted by molar-refractivity contribution is 6.05. The number of hydrogen-bond acceptors (Lipinski definition) is 6. The minimum absolute atomic E-state index is 0.207. The number of piperidine rings is 1. The first-order chi connectivity index (χ1) is 15.3. The van der Waals surface area contributed by atoms with Crippen molar-refractivity contribution in [2.24, 2.45) is 0 Å². The van der Waals surface area contributed by atoms with Gasteiger partial charge in [-0.25, -0.2) is 4.79 Å². The van der Waals surface area contributed by atoms with Crippen molar-refractivity contribution in [3.63, 3.8) is 0 Å². The van der Waals surface area contributed by atoms with Gasteiger partial charge in [-0.3, -0.25) is 24.7 Å². The molecule has 9 heteroatoms. The number of fused-ring (bicyclic) bond motifs is 1. The highest BCUT2D eigenvalue weighted by Gasteiger charge is 2.39. The van der Waals surface area contributed by atoms with E-state index in [1.54, 1.807) is 31.3 Å². The average Bonchev–Trinajstić information content (AvgIpc) is 3.10. The molecule has 0 radical (unpaired) electrons. The number of aromatic nitrogens is 1. The number of hydrogen-bond donors (Lipinski definition) is 2. The second-order valence-electron chi connectivity index (χ2n) is 7.98. The van der Waals surface area contributed by atoms with E-state index in [9.17, 15) is 19.2 Å². The van der Waals surface area contributed by atoms with Gasteiger partial charge in [0.15, 0.2) is 0 Å². The standard InChI is InChI=1S/C23H24N4O5/c1-13(18-5-3-4-10-24-18)25-23(31)32-14(2)15-6-7-16-12-27(22(30)17(16)11-15)19-8-9-20(28)26-21(19)29/h3-7,10-11,13-14,19H,8-9,12H2,1-2H3,(H,25,31)(H,26,28,29). The molecule has 0 aliphatic carbocycles. The number of carbonyl (C=O) groups excluding carboxylic acids is 4. The van der Waals surface area contributed by atoms with Crippen LogP contribution in [0.4, 0.5) is 4.79 Å². The summed E-state index contributed by atoms with van der Waals surface area (Å²) in [5, 5.41) is 5.04. The van der Waals surface area contributed by atoms with E-state index in [1.165, 1.54) is 4.90 Å². The second-order valence-corrected chi connectivity index (χ2v) is 7.98. The number of benzene rings is 1. The van der Waals surface area contributed by atoms with Crippen molar-refractivity contribution >= 4 is 23.8 Å². The second kappa shape index (κ2) is 8.78. The van der Waals surface area contributed by atoms with Crippen molar-refractivity contribution in [2.45, 2.75) is 51.4 Å². The first-order valence-electron chi connectivity index (χ1n) is 10.5. The fraction of sp³-hybridized carbons (Fsp3) is 0.348. The van der Waals surface area contributed by atoms with Gasteiger partial charge in [0.2, 0.25) is 11.8 Å². The van der Waals surface area contributed by atoms with Crippen LogP contribution in [-0.2, 0) is 20.9 Å². The summed E-state index contributed by atoms with van der Waals surface area (Å²) in [6.07, 6.45) is 0.993. The molecule has 9 nitrogen and oxygen atoms in total. The molecule has 3 atom stereocenters. The van der Waals surface area contributed by atoms with Gasteiger partial charge in [0, 0.05) is 24.7 Å². The molecule has 4 rings (SSSR count). The Labute approximate surface area is 185 Å². The zero-order valence-electron chi connectivity index (χ0n) is 17.8. The molecule has 1 fully saturated rings. The molecular weight excluding hydrogens is 412 g/mol. The summed E-state index contributed by atoms with van der Waals surface area (Å²) in [7, 11) is 0. The number of nitrogens with one attached hydrogen (secondary N) is 2. The number of amides is 4. The first-order valence-corrected chi connectivity index (χ1v) is 10.5. The van der Waals surface area contributed by atoms with Gasteiger partial charge >= 0.3 is 6.09 Å². The number of imide groups is 1. The number of ether oxygens (including phenoxy) is 1. The Bertz CT molecular complexity index is 1070. The Kier molecular flexibility index (Phi) is 5.89. The van der Waals surface area contributed by atoms with E-state index >= 15 is 0 Å². The fourth-order valence-electron chi connectivity index (χ4n) is 3.97. The van der Waals surface area contributed by atoms with E-state index in [4.69, 9.17) is 4.74 Å². The van der Waals surface area contributed by atoms with Crippen molar-refractivity contribution in [3.05, 3.63) is 65.0 Å². The Hall–Kier alpha value is -3.75. The lowest BCUT2D eigenvalue weighted by molar-refractivity contribution is -0.136. The molecule has 2 aromatic rings. The third kappa shape index (κ3) is 4.32. The lowest BCUT2D eigenvalue weighted by atomic mass is 10.0. The van der Waals surface area contributed by atoms with Crippen LogP contribution in [0.25, 0.3) is 0 Å². The molecule has 2 aliphatic heterocycles. The van der Waals surface area contributed by atoms with Gasteiger partial charge in [-0.2, -0.15) is 0 Å². The average molecular weight is 436 g/mol.